The van der Waals surface area contributed by atoms with Gasteiger partial charge in [0.25, 0.3) is 0 Å². The van der Waals surface area contributed by atoms with Gasteiger partial charge in [0, 0.05) is 6.04 Å². The third-order valence-corrected chi connectivity index (χ3v) is 3.96. The molecule has 0 heterocycles. The van der Waals surface area contributed by atoms with Crippen LogP contribution in [0.2, 0.25) is 0 Å². The minimum absolute atomic E-state index is 0.128. The van der Waals surface area contributed by atoms with Gasteiger partial charge in [0.05, 0.1) is 6.10 Å². The van der Waals surface area contributed by atoms with Crippen molar-refractivity contribution in [1.29, 1.82) is 0 Å². The largest absolute Gasteiger partial charge is 0.393 e. The first-order chi connectivity index (χ1) is 8.58. The second-order valence-electron chi connectivity index (χ2n) is 5.53. The molecule has 1 fully saturated rings. The van der Waals surface area contributed by atoms with E-state index in [0.717, 1.165) is 25.7 Å². The molecule has 1 unspecified atom stereocenters. The van der Waals surface area contributed by atoms with E-state index in [-0.39, 0.29) is 11.9 Å². The van der Waals surface area contributed by atoms with Crippen molar-refractivity contribution in [3.05, 3.63) is 35.6 Å². The summed E-state index contributed by atoms with van der Waals surface area (Å²) in [6.45, 7) is 0. The van der Waals surface area contributed by atoms with Gasteiger partial charge in [0.15, 0.2) is 0 Å². The Kier molecular flexibility index (Phi) is 4.36. The number of aliphatic hydroxyl groups is 1. The molecule has 0 spiro atoms. The van der Waals surface area contributed by atoms with Crippen LogP contribution in [0.4, 0.5) is 4.39 Å². The van der Waals surface area contributed by atoms with Crippen LogP contribution in [0.3, 0.4) is 0 Å². The van der Waals surface area contributed by atoms with Gasteiger partial charge in [-0.25, -0.2) is 4.39 Å². The normalized spacial score (nSPS) is 26.3. The summed E-state index contributed by atoms with van der Waals surface area (Å²) >= 11 is 0. The van der Waals surface area contributed by atoms with Crippen molar-refractivity contribution in [2.24, 2.45) is 5.92 Å². The van der Waals surface area contributed by atoms with Crippen molar-refractivity contribution in [1.82, 2.24) is 4.90 Å². The molecule has 100 valence electrons. The van der Waals surface area contributed by atoms with Crippen LogP contribution < -0.4 is 0 Å². The van der Waals surface area contributed by atoms with Crippen molar-refractivity contribution < 1.29 is 9.50 Å². The maximum atomic E-state index is 13.0. The van der Waals surface area contributed by atoms with Crippen LogP contribution in [-0.4, -0.2) is 30.2 Å². The second kappa shape index (κ2) is 5.81. The first-order valence-corrected chi connectivity index (χ1v) is 6.68. The maximum absolute atomic E-state index is 13.0. The lowest BCUT2D eigenvalue weighted by molar-refractivity contribution is 0.0779. The van der Waals surface area contributed by atoms with Crippen molar-refractivity contribution in [2.45, 2.75) is 37.8 Å². The molecule has 0 bridgehead atoms. The highest BCUT2D eigenvalue weighted by molar-refractivity contribution is 5.21. The molecule has 0 amide bonds. The number of benzene rings is 1. The van der Waals surface area contributed by atoms with Gasteiger partial charge in [-0.15, -0.1) is 0 Å². The van der Waals surface area contributed by atoms with Crippen molar-refractivity contribution >= 4 is 0 Å². The smallest absolute Gasteiger partial charge is 0.123 e. The van der Waals surface area contributed by atoms with E-state index in [0.29, 0.717) is 12.0 Å². The van der Waals surface area contributed by atoms with Crippen LogP contribution in [0.25, 0.3) is 0 Å². The molecule has 1 N–H and O–H groups in total. The predicted octanol–water partition coefficient (Wildman–Crippen LogP) is 2.98. The fraction of sp³-hybridized carbons (Fsp3) is 0.600. The molecule has 1 saturated carbocycles. The second-order valence-corrected chi connectivity index (χ2v) is 5.53. The molecule has 0 aromatic heterocycles. The number of aliphatic hydroxyl groups excluding tert-OH is 1. The average Bonchev–Trinajstić information content (AvgIpc) is 2.34. The summed E-state index contributed by atoms with van der Waals surface area (Å²) in [5.41, 5.74) is 1.17. The minimum Gasteiger partial charge on any atom is -0.393 e. The predicted molar refractivity (Wildman–Crippen MR) is 70.8 cm³/mol. The molecule has 1 atom stereocenters. The van der Waals surface area contributed by atoms with E-state index in [2.05, 4.69) is 19.0 Å². The number of halogens is 1. The molecular formula is C15H22FNO. The Labute approximate surface area is 108 Å². The van der Waals surface area contributed by atoms with Gasteiger partial charge < -0.3 is 10.0 Å². The quantitative estimate of drug-likeness (QED) is 0.892. The SMILES string of the molecule is CN(C)C(c1ccc(F)cc1)C1CCC(O)CC1. The van der Waals surface area contributed by atoms with Gasteiger partial charge in [-0.3, -0.25) is 0 Å². The number of hydrogen-bond acceptors (Lipinski definition) is 2. The summed E-state index contributed by atoms with van der Waals surface area (Å²) in [6, 6.07) is 7.14. The summed E-state index contributed by atoms with van der Waals surface area (Å²) < 4.78 is 13.0. The van der Waals surface area contributed by atoms with E-state index >= 15 is 0 Å². The van der Waals surface area contributed by atoms with E-state index in [4.69, 9.17) is 0 Å². The van der Waals surface area contributed by atoms with Gasteiger partial charge in [-0.05, 0) is 63.4 Å². The monoisotopic (exact) mass is 251 g/mol. The Bertz CT molecular complexity index is 369. The summed E-state index contributed by atoms with van der Waals surface area (Å²) in [5, 5.41) is 9.59. The lowest BCUT2D eigenvalue weighted by Crippen LogP contribution is -2.31. The van der Waals surface area contributed by atoms with Crippen LogP contribution in [0.1, 0.15) is 37.3 Å². The van der Waals surface area contributed by atoms with Gasteiger partial charge >= 0.3 is 0 Å². The molecule has 3 heteroatoms. The third kappa shape index (κ3) is 3.09. The topological polar surface area (TPSA) is 23.5 Å². The van der Waals surface area contributed by atoms with Gasteiger partial charge in [-0.2, -0.15) is 0 Å². The van der Waals surface area contributed by atoms with Crippen molar-refractivity contribution in [2.75, 3.05) is 14.1 Å². The molecule has 2 rings (SSSR count). The maximum Gasteiger partial charge on any atom is 0.123 e. The standard InChI is InChI=1S/C15H22FNO/c1-17(2)15(11-3-7-13(16)8-4-11)12-5-9-14(18)10-6-12/h3-4,7-8,12,14-15,18H,5-6,9-10H2,1-2H3. The first-order valence-electron chi connectivity index (χ1n) is 6.68. The minimum atomic E-state index is -0.185. The lowest BCUT2D eigenvalue weighted by Gasteiger charge is -2.36. The van der Waals surface area contributed by atoms with E-state index in [9.17, 15) is 9.50 Å². The zero-order valence-electron chi connectivity index (χ0n) is 11.1. The van der Waals surface area contributed by atoms with Crippen molar-refractivity contribution in [3.8, 4) is 0 Å². The Morgan fingerprint density at radius 1 is 1.11 bits per heavy atom. The van der Waals surface area contributed by atoms with E-state index in [1.165, 1.54) is 17.7 Å². The molecule has 1 aromatic carbocycles. The summed E-state index contributed by atoms with van der Waals surface area (Å²) in [4.78, 5) is 2.20. The van der Waals surface area contributed by atoms with E-state index in [1.807, 2.05) is 12.1 Å². The number of rotatable bonds is 3. The Morgan fingerprint density at radius 3 is 2.17 bits per heavy atom. The van der Waals surface area contributed by atoms with Gasteiger partial charge in [0.2, 0.25) is 0 Å². The number of nitrogens with zero attached hydrogens (tertiary/aromatic N) is 1. The summed E-state index contributed by atoms with van der Waals surface area (Å²) in [6.07, 6.45) is 3.73. The Balaban J connectivity index is 2.15. The van der Waals surface area contributed by atoms with Crippen LogP contribution in [-0.2, 0) is 0 Å². The highest BCUT2D eigenvalue weighted by Gasteiger charge is 2.29. The van der Waals surface area contributed by atoms with Crippen LogP contribution >= 0.6 is 0 Å². The van der Waals surface area contributed by atoms with Gasteiger partial charge in [0.1, 0.15) is 5.82 Å². The molecule has 2 nitrogen and oxygen atoms in total. The third-order valence-electron chi connectivity index (χ3n) is 3.96. The highest BCUT2D eigenvalue weighted by atomic mass is 19.1. The van der Waals surface area contributed by atoms with Crippen LogP contribution in [0.5, 0.6) is 0 Å². The Hall–Kier alpha value is -0.930. The molecular weight excluding hydrogens is 229 g/mol. The van der Waals surface area contributed by atoms with Crippen LogP contribution in [0, 0.1) is 11.7 Å². The van der Waals surface area contributed by atoms with Gasteiger partial charge in [-0.1, -0.05) is 12.1 Å². The molecule has 1 aliphatic rings. The zero-order valence-corrected chi connectivity index (χ0v) is 11.1. The van der Waals surface area contributed by atoms with E-state index in [1.54, 1.807) is 0 Å². The average molecular weight is 251 g/mol. The molecule has 0 radical (unpaired) electrons. The molecule has 1 aromatic rings. The fourth-order valence-electron chi connectivity index (χ4n) is 3.07. The van der Waals surface area contributed by atoms with E-state index < -0.39 is 0 Å². The molecule has 18 heavy (non-hydrogen) atoms. The zero-order chi connectivity index (χ0) is 13.1. The summed E-state index contributed by atoms with van der Waals surface area (Å²) in [7, 11) is 4.14. The molecule has 0 saturated heterocycles. The van der Waals surface area contributed by atoms with Crippen molar-refractivity contribution in [3.63, 3.8) is 0 Å². The molecule has 1 aliphatic carbocycles. The number of hydrogen-bond donors (Lipinski definition) is 1. The Morgan fingerprint density at radius 2 is 1.67 bits per heavy atom. The van der Waals surface area contributed by atoms with Crippen LogP contribution in [0.15, 0.2) is 24.3 Å². The lowest BCUT2D eigenvalue weighted by atomic mass is 9.79. The summed E-state index contributed by atoms with van der Waals surface area (Å²) in [5.74, 6) is 0.365. The highest BCUT2D eigenvalue weighted by Crippen LogP contribution is 2.37. The fourth-order valence-corrected chi connectivity index (χ4v) is 3.07. The molecule has 0 aliphatic heterocycles. The first kappa shape index (κ1) is 13.5.